The summed E-state index contributed by atoms with van der Waals surface area (Å²) in [6.07, 6.45) is 4.15. The van der Waals surface area contributed by atoms with Crippen LogP contribution in [0.1, 0.15) is 25.8 Å². The normalized spacial score (nSPS) is 9.94. The first-order valence-electron chi connectivity index (χ1n) is 5.53. The van der Waals surface area contributed by atoms with Crippen LogP contribution in [0, 0.1) is 11.8 Å². The molecule has 92 valence electrons. The zero-order valence-corrected chi connectivity index (χ0v) is 11.2. The van der Waals surface area contributed by atoms with Gasteiger partial charge in [-0.1, -0.05) is 11.8 Å². The number of hydrogen-bond acceptors (Lipinski definition) is 3. The van der Waals surface area contributed by atoms with Gasteiger partial charge in [-0.05, 0) is 19.9 Å². The molecule has 0 N–H and O–H groups in total. The van der Waals surface area contributed by atoms with Crippen molar-refractivity contribution in [2.45, 2.75) is 26.3 Å². The van der Waals surface area contributed by atoms with Gasteiger partial charge < -0.3 is 4.74 Å². The highest BCUT2D eigenvalue weighted by Crippen LogP contribution is 2.22. The Labute approximate surface area is 108 Å². The van der Waals surface area contributed by atoms with Gasteiger partial charge in [-0.15, -0.1) is 0 Å². The SMILES string of the molecule is COCCC#Cc1cnccc1N(Cl)C(C)C. The number of pyridine rings is 1. The van der Waals surface area contributed by atoms with Crippen LogP contribution >= 0.6 is 11.8 Å². The van der Waals surface area contributed by atoms with E-state index in [0.717, 1.165) is 11.3 Å². The molecule has 1 heterocycles. The molecule has 0 aliphatic rings. The Morgan fingerprint density at radius 1 is 1.53 bits per heavy atom. The molecule has 0 aliphatic heterocycles. The van der Waals surface area contributed by atoms with Gasteiger partial charge in [0.1, 0.15) is 0 Å². The minimum atomic E-state index is 0.207. The molecule has 0 aliphatic carbocycles. The van der Waals surface area contributed by atoms with Crippen molar-refractivity contribution in [1.29, 1.82) is 0 Å². The van der Waals surface area contributed by atoms with Crippen molar-refractivity contribution >= 4 is 17.5 Å². The predicted molar refractivity (Wildman–Crippen MR) is 71.1 cm³/mol. The van der Waals surface area contributed by atoms with E-state index >= 15 is 0 Å². The lowest BCUT2D eigenvalue weighted by atomic mass is 10.2. The molecule has 0 saturated heterocycles. The molecule has 1 aromatic heterocycles. The van der Waals surface area contributed by atoms with Crippen molar-refractivity contribution in [3.63, 3.8) is 0 Å². The molecule has 0 saturated carbocycles. The van der Waals surface area contributed by atoms with Gasteiger partial charge in [0.15, 0.2) is 0 Å². The van der Waals surface area contributed by atoms with Crippen LogP contribution in [0.2, 0.25) is 0 Å². The second-order valence-corrected chi connectivity index (χ2v) is 4.21. The third-order valence-corrected chi connectivity index (χ3v) is 2.71. The topological polar surface area (TPSA) is 25.4 Å². The highest BCUT2D eigenvalue weighted by atomic mass is 35.5. The summed E-state index contributed by atoms with van der Waals surface area (Å²) in [7, 11) is 1.66. The van der Waals surface area contributed by atoms with Crippen LogP contribution in [0.4, 0.5) is 5.69 Å². The maximum Gasteiger partial charge on any atom is 0.0713 e. The molecule has 0 unspecified atom stereocenters. The summed E-state index contributed by atoms with van der Waals surface area (Å²) < 4.78 is 6.61. The van der Waals surface area contributed by atoms with Gasteiger partial charge in [0.25, 0.3) is 0 Å². The zero-order chi connectivity index (χ0) is 12.7. The van der Waals surface area contributed by atoms with Crippen LogP contribution in [-0.4, -0.2) is 24.7 Å². The summed E-state index contributed by atoms with van der Waals surface area (Å²) in [6, 6.07) is 2.08. The Bertz CT molecular complexity index is 409. The van der Waals surface area contributed by atoms with E-state index in [2.05, 4.69) is 16.8 Å². The fraction of sp³-hybridized carbons (Fsp3) is 0.462. The number of ether oxygens (including phenoxy) is 1. The number of halogens is 1. The van der Waals surface area contributed by atoms with E-state index in [9.17, 15) is 0 Å². The van der Waals surface area contributed by atoms with Crippen molar-refractivity contribution in [3.8, 4) is 11.8 Å². The van der Waals surface area contributed by atoms with Crippen LogP contribution in [0.3, 0.4) is 0 Å². The maximum absolute atomic E-state index is 6.20. The second-order valence-electron chi connectivity index (χ2n) is 3.84. The fourth-order valence-corrected chi connectivity index (χ4v) is 1.41. The summed E-state index contributed by atoms with van der Waals surface area (Å²) in [6.45, 7) is 4.68. The number of methoxy groups -OCH3 is 1. The standard InChI is InChI=1S/C13H17ClN2O/c1-11(2)16(14)13-7-8-15-10-12(13)6-4-5-9-17-3/h7-8,10-11H,5,9H2,1-3H3. The monoisotopic (exact) mass is 252 g/mol. The smallest absolute Gasteiger partial charge is 0.0713 e. The Morgan fingerprint density at radius 2 is 2.29 bits per heavy atom. The number of rotatable bonds is 4. The van der Waals surface area contributed by atoms with E-state index < -0.39 is 0 Å². The van der Waals surface area contributed by atoms with Gasteiger partial charge in [-0.2, -0.15) is 0 Å². The second kappa shape index (κ2) is 7.16. The Balaban J connectivity index is 2.87. The first-order chi connectivity index (χ1) is 8.16. The summed E-state index contributed by atoms with van der Waals surface area (Å²) in [5.74, 6) is 6.10. The fourth-order valence-electron chi connectivity index (χ4n) is 1.26. The van der Waals surface area contributed by atoms with Crippen LogP contribution in [-0.2, 0) is 4.74 Å². The van der Waals surface area contributed by atoms with Crippen LogP contribution in [0.15, 0.2) is 18.5 Å². The van der Waals surface area contributed by atoms with Gasteiger partial charge in [-0.3, -0.25) is 9.40 Å². The van der Waals surface area contributed by atoms with Gasteiger partial charge in [0.2, 0.25) is 0 Å². The third-order valence-electron chi connectivity index (χ3n) is 2.14. The van der Waals surface area contributed by atoms with Gasteiger partial charge in [0, 0.05) is 43.7 Å². The molecule has 0 radical (unpaired) electrons. The molecule has 0 aromatic carbocycles. The van der Waals surface area contributed by atoms with Crippen LogP contribution < -0.4 is 4.42 Å². The maximum atomic E-state index is 6.20. The van der Waals surface area contributed by atoms with Gasteiger partial charge in [-0.25, -0.2) is 0 Å². The van der Waals surface area contributed by atoms with Gasteiger partial charge in [0.05, 0.1) is 17.9 Å². The van der Waals surface area contributed by atoms with E-state index in [0.29, 0.717) is 13.0 Å². The van der Waals surface area contributed by atoms with E-state index in [4.69, 9.17) is 16.5 Å². The summed E-state index contributed by atoms with van der Waals surface area (Å²) in [4.78, 5) is 4.07. The first kappa shape index (κ1) is 13.8. The number of hydrogen-bond donors (Lipinski definition) is 0. The molecular weight excluding hydrogens is 236 g/mol. The third kappa shape index (κ3) is 4.26. The molecule has 1 aromatic rings. The van der Waals surface area contributed by atoms with Crippen LogP contribution in [0.5, 0.6) is 0 Å². The molecule has 17 heavy (non-hydrogen) atoms. The average molecular weight is 253 g/mol. The number of aromatic nitrogens is 1. The Kier molecular flexibility index (Phi) is 5.82. The van der Waals surface area contributed by atoms with Crippen molar-refractivity contribution in [3.05, 3.63) is 24.0 Å². The lowest BCUT2D eigenvalue weighted by Gasteiger charge is -2.20. The highest BCUT2D eigenvalue weighted by Gasteiger charge is 2.10. The van der Waals surface area contributed by atoms with Crippen molar-refractivity contribution in [2.75, 3.05) is 18.1 Å². The van der Waals surface area contributed by atoms with E-state index in [1.165, 1.54) is 0 Å². The largest absolute Gasteiger partial charge is 0.384 e. The Morgan fingerprint density at radius 3 is 2.94 bits per heavy atom. The first-order valence-corrected chi connectivity index (χ1v) is 5.87. The molecular formula is C13H17ClN2O. The van der Waals surface area contributed by atoms with Crippen LogP contribution in [0.25, 0.3) is 0 Å². The number of anilines is 1. The quantitative estimate of drug-likeness (QED) is 0.468. The number of nitrogens with zero attached hydrogens (tertiary/aromatic N) is 2. The molecule has 0 amide bonds. The predicted octanol–water partition coefficient (Wildman–Crippen LogP) is 2.84. The minimum absolute atomic E-state index is 0.207. The zero-order valence-electron chi connectivity index (χ0n) is 10.4. The van der Waals surface area contributed by atoms with Crippen molar-refractivity contribution in [1.82, 2.24) is 4.98 Å². The molecule has 0 spiro atoms. The van der Waals surface area contributed by atoms with E-state index in [1.54, 1.807) is 23.9 Å². The summed E-state index contributed by atoms with van der Waals surface area (Å²) in [5, 5.41) is 0. The summed E-state index contributed by atoms with van der Waals surface area (Å²) in [5.41, 5.74) is 1.73. The lowest BCUT2D eigenvalue weighted by Crippen LogP contribution is -2.20. The van der Waals surface area contributed by atoms with E-state index in [-0.39, 0.29) is 6.04 Å². The molecule has 1 rings (SSSR count). The van der Waals surface area contributed by atoms with E-state index in [1.807, 2.05) is 19.9 Å². The minimum Gasteiger partial charge on any atom is -0.384 e. The summed E-state index contributed by atoms with van der Waals surface area (Å²) >= 11 is 6.20. The van der Waals surface area contributed by atoms with Gasteiger partial charge >= 0.3 is 0 Å². The van der Waals surface area contributed by atoms with Crippen molar-refractivity contribution < 1.29 is 4.74 Å². The van der Waals surface area contributed by atoms with Crippen molar-refractivity contribution in [2.24, 2.45) is 0 Å². The molecule has 3 nitrogen and oxygen atoms in total. The lowest BCUT2D eigenvalue weighted by molar-refractivity contribution is 0.206. The molecule has 4 heteroatoms. The highest BCUT2D eigenvalue weighted by molar-refractivity contribution is 6.26. The molecule has 0 atom stereocenters. The molecule has 0 bridgehead atoms. The molecule has 0 fully saturated rings. The Hall–Kier alpha value is -1.24. The average Bonchev–Trinajstić information content (AvgIpc) is 2.34.